The zero-order valence-corrected chi connectivity index (χ0v) is 19.2. The summed E-state index contributed by atoms with van der Waals surface area (Å²) in [5.74, 6) is 1.56. The third kappa shape index (κ3) is 3.31. The van der Waals surface area contributed by atoms with Crippen molar-refractivity contribution in [3.05, 3.63) is 60.2 Å². The van der Waals surface area contributed by atoms with Gasteiger partial charge < -0.3 is 9.13 Å². The average molecular weight is 551 g/mol. The number of fused-ring (bicyclic) bond motifs is 1. The molecule has 147 valence electrons. The van der Waals surface area contributed by atoms with E-state index in [-0.39, 0.29) is 20.1 Å². The zero-order valence-electron chi connectivity index (χ0n) is 16.8. The number of hydrogen-bond donors (Lipinski definition) is 0. The van der Waals surface area contributed by atoms with Gasteiger partial charge in [-0.25, -0.2) is 0 Å². The Bertz CT molecular complexity index is 1080. The summed E-state index contributed by atoms with van der Waals surface area (Å²) in [5, 5.41) is 8.70. The summed E-state index contributed by atoms with van der Waals surface area (Å²) in [6.45, 7) is 8.88. The van der Waals surface area contributed by atoms with E-state index in [2.05, 4.69) is 71.7 Å². The molecule has 0 amide bonds. The van der Waals surface area contributed by atoms with Crippen molar-refractivity contribution >= 4 is 11.0 Å². The molecule has 0 aliphatic carbocycles. The molecule has 4 aromatic rings. The first-order chi connectivity index (χ1) is 13.0. The van der Waals surface area contributed by atoms with Crippen LogP contribution in [0.2, 0.25) is 0 Å². The van der Waals surface area contributed by atoms with Crippen molar-refractivity contribution in [3.63, 3.8) is 0 Å². The van der Waals surface area contributed by atoms with Crippen molar-refractivity contribution in [1.29, 1.82) is 0 Å². The topological polar surface area (TPSA) is 48.5 Å². The Morgan fingerprint density at radius 2 is 1.64 bits per heavy atom. The van der Waals surface area contributed by atoms with Gasteiger partial charge in [0.05, 0.1) is 12.2 Å². The van der Waals surface area contributed by atoms with E-state index in [0.717, 1.165) is 22.4 Å². The minimum atomic E-state index is 0. The van der Waals surface area contributed by atoms with Crippen LogP contribution >= 0.6 is 0 Å². The van der Waals surface area contributed by atoms with Crippen molar-refractivity contribution in [3.8, 4) is 17.1 Å². The summed E-state index contributed by atoms with van der Waals surface area (Å²) in [5.41, 5.74) is 6.57. The number of aryl methyl sites for hydroxylation is 1. The van der Waals surface area contributed by atoms with Gasteiger partial charge in [-0.1, -0.05) is 51.5 Å². The summed E-state index contributed by atoms with van der Waals surface area (Å²) in [4.78, 5) is 4.57. The maximum atomic E-state index is 4.57. The van der Waals surface area contributed by atoms with Crippen molar-refractivity contribution < 1.29 is 20.1 Å². The fourth-order valence-electron chi connectivity index (χ4n) is 3.63. The fraction of sp³-hybridized carbons (Fsp3) is 0.318. The van der Waals surface area contributed by atoms with Gasteiger partial charge in [0.25, 0.3) is 0 Å². The van der Waals surface area contributed by atoms with Crippen LogP contribution in [0.4, 0.5) is 0 Å². The monoisotopic (exact) mass is 551 g/mol. The maximum Gasteiger partial charge on any atom is 0.114 e. The summed E-state index contributed by atoms with van der Waals surface area (Å²) >= 11 is 0. The molecule has 5 nitrogen and oxygen atoms in total. The van der Waals surface area contributed by atoms with Crippen LogP contribution in [0.15, 0.2) is 43.0 Å². The Kier molecular flexibility index (Phi) is 5.82. The van der Waals surface area contributed by atoms with E-state index in [9.17, 15) is 0 Å². The Labute approximate surface area is 179 Å². The van der Waals surface area contributed by atoms with Crippen molar-refractivity contribution in [2.45, 2.75) is 39.5 Å². The Morgan fingerprint density at radius 1 is 0.964 bits per heavy atom. The molecule has 0 N–H and O–H groups in total. The van der Waals surface area contributed by atoms with Gasteiger partial charge in [0, 0.05) is 38.4 Å². The molecule has 4 rings (SSSR count). The van der Waals surface area contributed by atoms with Crippen LogP contribution < -0.4 is 0 Å². The molecule has 0 fully saturated rings. The first kappa shape index (κ1) is 20.4. The molecule has 28 heavy (non-hydrogen) atoms. The number of nitrogens with zero attached hydrogens (tertiary/aromatic N) is 5. The van der Waals surface area contributed by atoms with Gasteiger partial charge in [0.2, 0.25) is 0 Å². The molecule has 1 radical (unpaired) electrons. The van der Waals surface area contributed by atoms with Crippen LogP contribution in [0.1, 0.15) is 50.7 Å². The number of imidazole rings is 1. The third-order valence-corrected chi connectivity index (χ3v) is 5.04. The number of para-hydroxylation sites is 1. The largest absolute Gasteiger partial charge is 0.352 e. The number of benzene rings is 2. The van der Waals surface area contributed by atoms with Gasteiger partial charge in [-0.2, -0.15) is 5.10 Å². The molecule has 0 bridgehead atoms. The normalized spacial score (nSPS) is 11.4. The molecule has 0 saturated carbocycles. The fourth-order valence-corrected chi connectivity index (χ4v) is 3.63. The van der Waals surface area contributed by atoms with Gasteiger partial charge in [-0.3, -0.25) is 4.98 Å². The van der Waals surface area contributed by atoms with E-state index in [4.69, 9.17) is 0 Å². The van der Waals surface area contributed by atoms with E-state index in [1.165, 1.54) is 16.8 Å². The van der Waals surface area contributed by atoms with E-state index in [1.54, 1.807) is 6.33 Å². The first-order valence-corrected chi connectivity index (χ1v) is 9.34. The second kappa shape index (κ2) is 7.98. The van der Waals surface area contributed by atoms with Gasteiger partial charge in [-0.15, -0.1) is 23.3 Å². The maximum absolute atomic E-state index is 4.57. The van der Waals surface area contributed by atoms with Crippen LogP contribution in [0.5, 0.6) is 0 Å². The third-order valence-electron chi connectivity index (χ3n) is 5.04. The van der Waals surface area contributed by atoms with Crippen molar-refractivity contribution in [2.24, 2.45) is 7.05 Å². The van der Waals surface area contributed by atoms with E-state index in [0.29, 0.717) is 11.8 Å². The second-order valence-electron chi connectivity index (χ2n) is 7.56. The minimum absolute atomic E-state index is 0. The smallest absolute Gasteiger partial charge is 0.114 e. The number of rotatable bonds is 4. The van der Waals surface area contributed by atoms with Crippen LogP contribution in [-0.2, 0) is 27.2 Å². The molecule has 0 atom stereocenters. The van der Waals surface area contributed by atoms with Gasteiger partial charge in [-0.05, 0) is 28.5 Å². The SMILES string of the molecule is CC(C)c1cccc(C(C)C)c1-n1cnnc1-c1[c-]ccc2c1ncn2C.[Ir]. The van der Waals surface area contributed by atoms with Crippen LogP contribution in [-0.4, -0.2) is 24.3 Å². The van der Waals surface area contributed by atoms with Gasteiger partial charge in [0.15, 0.2) is 0 Å². The average Bonchev–Trinajstić information content (AvgIpc) is 3.28. The molecule has 6 heteroatoms. The summed E-state index contributed by atoms with van der Waals surface area (Å²) in [6, 6.07) is 13.8. The van der Waals surface area contributed by atoms with Crippen LogP contribution in [0, 0.1) is 6.07 Å². The Morgan fingerprint density at radius 3 is 2.29 bits per heavy atom. The molecule has 2 heterocycles. The van der Waals surface area contributed by atoms with Gasteiger partial charge in [0.1, 0.15) is 6.33 Å². The molecule has 0 aliphatic rings. The van der Waals surface area contributed by atoms with Gasteiger partial charge >= 0.3 is 0 Å². The number of aromatic nitrogens is 5. The van der Waals surface area contributed by atoms with Crippen molar-refractivity contribution in [2.75, 3.05) is 0 Å². The minimum Gasteiger partial charge on any atom is -0.352 e. The van der Waals surface area contributed by atoms with E-state index >= 15 is 0 Å². The first-order valence-electron chi connectivity index (χ1n) is 9.34. The quantitative estimate of drug-likeness (QED) is 0.341. The Balaban J connectivity index is 0.00000225. The van der Waals surface area contributed by atoms with Crippen LogP contribution in [0.25, 0.3) is 28.1 Å². The standard InChI is InChI=1S/C22H24N5.Ir/c1-14(2)16-8-6-9-17(15(3)4)21(16)27-13-24-25-22(27)18-10-7-11-19-20(18)23-12-26(19)5;/h6-9,11-15H,1-5H3;/q-1;. The zero-order chi connectivity index (χ0) is 19.1. The van der Waals surface area contributed by atoms with E-state index < -0.39 is 0 Å². The molecule has 0 unspecified atom stereocenters. The van der Waals surface area contributed by atoms with E-state index in [1.807, 2.05) is 30.1 Å². The number of hydrogen-bond acceptors (Lipinski definition) is 3. The Hall–Kier alpha value is -2.30. The van der Waals surface area contributed by atoms with Crippen molar-refractivity contribution in [1.82, 2.24) is 24.3 Å². The summed E-state index contributed by atoms with van der Waals surface area (Å²) in [7, 11) is 1.99. The summed E-state index contributed by atoms with van der Waals surface area (Å²) in [6.07, 6.45) is 3.63. The predicted octanol–water partition coefficient (Wildman–Crippen LogP) is 4.87. The van der Waals surface area contributed by atoms with Crippen LogP contribution in [0.3, 0.4) is 0 Å². The second-order valence-corrected chi connectivity index (χ2v) is 7.56. The molecular formula is C22H24IrN5-. The molecule has 2 aromatic heterocycles. The molecule has 0 spiro atoms. The molecule has 0 aliphatic heterocycles. The molecule has 0 saturated heterocycles. The summed E-state index contributed by atoms with van der Waals surface area (Å²) < 4.78 is 4.11. The molecular weight excluding hydrogens is 526 g/mol. The molecule has 2 aromatic carbocycles. The predicted molar refractivity (Wildman–Crippen MR) is 108 cm³/mol.